The van der Waals surface area contributed by atoms with Crippen LogP contribution in [-0.2, 0) is 5.60 Å². The SMILES string of the molecule is CCC(O)(c1cccnc1)c1c[nH]c2c(OC)cccc12. The summed E-state index contributed by atoms with van der Waals surface area (Å²) in [5.74, 6) is 0.767. The minimum Gasteiger partial charge on any atom is -0.495 e. The number of nitrogens with one attached hydrogen (secondary N) is 1. The fraction of sp³-hybridized carbons (Fsp3) is 0.235. The van der Waals surface area contributed by atoms with Crippen LogP contribution in [0.2, 0.25) is 0 Å². The Bertz CT molecular complexity index is 752. The molecule has 2 heterocycles. The summed E-state index contributed by atoms with van der Waals surface area (Å²) in [5.41, 5.74) is 1.45. The van der Waals surface area contributed by atoms with Gasteiger partial charge in [-0.2, -0.15) is 0 Å². The zero-order valence-electron chi connectivity index (χ0n) is 12.1. The Hall–Kier alpha value is -2.33. The van der Waals surface area contributed by atoms with Gasteiger partial charge in [0, 0.05) is 35.1 Å². The Morgan fingerprint density at radius 2 is 2.14 bits per heavy atom. The summed E-state index contributed by atoms with van der Waals surface area (Å²) in [6.45, 7) is 1.96. The Morgan fingerprint density at radius 3 is 2.81 bits per heavy atom. The molecule has 0 aliphatic carbocycles. The van der Waals surface area contributed by atoms with E-state index in [1.807, 2.05) is 43.5 Å². The van der Waals surface area contributed by atoms with Crippen molar-refractivity contribution in [2.24, 2.45) is 0 Å². The van der Waals surface area contributed by atoms with Crippen LogP contribution >= 0.6 is 0 Å². The second-order valence-electron chi connectivity index (χ2n) is 5.04. The number of fused-ring (bicyclic) bond motifs is 1. The van der Waals surface area contributed by atoms with Crippen molar-refractivity contribution in [3.63, 3.8) is 0 Å². The van der Waals surface area contributed by atoms with Crippen molar-refractivity contribution in [1.29, 1.82) is 0 Å². The van der Waals surface area contributed by atoms with E-state index in [-0.39, 0.29) is 0 Å². The van der Waals surface area contributed by atoms with Crippen LogP contribution in [0.1, 0.15) is 24.5 Å². The van der Waals surface area contributed by atoms with Gasteiger partial charge >= 0.3 is 0 Å². The van der Waals surface area contributed by atoms with Crippen molar-refractivity contribution in [1.82, 2.24) is 9.97 Å². The highest BCUT2D eigenvalue weighted by molar-refractivity contribution is 5.89. The molecule has 4 heteroatoms. The predicted molar refractivity (Wildman–Crippen MR) is 82.4 cm³/mol. The van der Waals surface area contributed by atoms with Gasteiger partial charge in [0.05, 0.1) is 12.6 Å². The quantitative estimate of drug-likeness (QED) is 0.772. The lowest BCUT2D eigenvalue weighted by Gasteiger charge is -2.27. The minimum absolute atomic E-state index is 0.558. The number of aromatic amines is 1. The third kappa shape index (κ3) is 2.08. The van der Waals surface area contributed by atoms with Crippen LogP contribution in [0.15, 0.2) is 48.9 Å². The molecule has 0 saturated carbocycles. The van der Waals surface area contributed by atoms with Gasteiger partial charge < -0.3 is 14.8 Å². The van der Waals surface area contributed by atoms with Crippen LogP contribution in [0.25, 0.3) is 10.9 Å². The third-order valence-corrected chi connectivity index (χ3v) is 3.99. The van der Waals surface area contributed by atoms with E-state index in [2.05, 4.69) is 9.97 Å². The largest absolute Gasteiger partial charge is 0.495 e. The number of methoxy groups -OCH3 is 1. The first kappa shape index (κ1) is 13.6. The van der Waals surface area contributed by atoms with E-state index in [4.69, 9.17) is 4.74 Å². The Labute approximate surface area is 123 Å². The summed E-state index contributed by atoms with van der Waals surface area (Å²) in [6.07, 6.45) is 5.83. The Kier molecular flexibility index (Phi) is 3.39. The fourth-order valence-electron chi connectivity index (χ4n) is 2.80. The van der Waals surface area contributed by atoms with E-state index in [1.165, 1.54) is 0 Å². The van der Waals surface area contributed by atoms with Gasteiger partial charge in [0.25, 0.3) is 0 Å². The van der Waals surface area contributed by atoms with Gasteiger partial charge in [-0.25, -0.2) is 0 Å². The number of pyridine rings is 1. The van der Waals surface area contributed by atoms with Crippen LogP contribution < -0.4 is 4.74 Å². The first-order valence-electron chi connectivity index (χ1n) is 6.98. The summed E-state index contributed by atoms with van der Waals surface area (Å²) in [5, 5.41) is 12.2. The standard InChI is InChI=1S/C17H18N2O2/c1-3-17(20,12-6-5-9-18-10-12)14-11-19-16-13(14)7-4-8-15(16)21-2/h4-11,19-20H,3H2,1-2H3. The summed E-state index contributed by atoms with van der Waals surface area (Å²) in [4.78, 5) is 7.34. The van der Waals surface area contributed by atoms with E-state index in [9.17, 15) is 5.11 Å². The van der Waals surface area contributed by atoms with Gasteiger partial charge in [-0.3, -0.25) is 4.98 Å². The lowest BCUT2D eigenvalue weighted by molar-refractivity contribution is 0.0777. The van der Waals surface area contributed by atoms with Crippen molar-refractivity contribution in [2.75, 3.05) is 7.11 Å². The molecule has 2 aromatic heterocycles. The number of rotatable bonds is 4. The molecule has 0 spiro atoms. The molecule has 0 aliphatic rings. The van der Waals surface area contributed by atoms with Crippen molar-refractivity contribution < 1.29 is 9.84 Å². The van der Waals surface area contributed by atoms with Gasteiger partial charge in [-0.15, -0.1) is 0 Å². The molecular formula is C17H18N2O2. The second kappa shape index (κ2) is 5.22. The molecule has 0 amide bonds. The summed E-state index contributed by atoms with van der Waals surface area (Å²) < 4.78 is 5.37. The van der Waals surface area contributed by atoms with Crippen LogP contribution in [0, 0.1) is 0 Å². The molecule has 3 aromatic rings. The molecule has 108 valence electrons. The maximum atomic E-state index is 11.2. The number of aromatic nitrogens is 2. The number of hydrogen-bond donors (Lipinski definition) is 2. The molecule has 3 rings (SSSR count). The zero-order valence-corrected chi connectivity index (χ0v) is 12.1. The number of ether oxygens (including phenoxy) is 1. The smallest absolute Gasteiger partial charge is 0.142 e. The van der Waals surface area contributed by atoms with Gasteiger partial charge in [0.2, 0.25) is 0 Å². The number of aliphatic hydroxyl groups is 1. The molecule has 1 aromatic carbocycles. The van der Waals surface area contributed by atoms with E-state index in [0.717, 1.165) is 27.8 Å². The molecule has 0 saturated heterocycles. The first-order chi connectivity index (χ1) is 10.2. The van der Waals surface area contributed by atoms with Crippen LogP contribution in [0.5, 0.6) is 5.75 Å². The highest BCUT2D eigenvalue weighted by atomic mass is 16.5. The maximum Gasteiger partial charge on any atom is 0.142 e. The van der Waals surface area contributed by atoms with Crippen LogP contribution in [0.4, 0.5) is 0 Å². The molecule has 21 heavy (non-hydrogen) atoms. The van der Waals surface area contributed by atoms with E-state index >= 15 is 0 Å². The van der Waals surface area contributed by atoms with Crippen LogP contribution in [-0.4, -0.2) is 22.2 Å². The highest BCUT2D eigenvalue weighted by Gasteiger charge is 2.32. The molecule has 0 bridgehead atoms. The van der Waals surface area contributed by atoms with Gasteiger partial charge in [-0.05, 0) is 18.6 Å². The maximum absolute atomic E-state index is 11.2. The van der Waals surface area contributed by atoms with E-state index in [0.29, 0.717) is 6.42 Å². The molecule has 1 unspecified atom stereocenters. The lowest BCUT2D eigenvalue weighted by atomic mass is 9.85. The summed E-state index contributed by atoms with van der Waals surface area (Å²) >= 11 is 0. The number of hydrogen-bond acceptors (Lipinski definition) is 3. The number of H-pyrrole nitrogens is 1. The monoisotopic (exact) mass is 282 g/mol. The highest BCUT2D eigenvalue weighted by Crippen LogP contribution is 2.38. The van der Waals surface area contributed by atoms with Crippen molar-refractivity contribution in [3.05, 3.63) is 60.0 Å². The average Bonchev–Trinajstić information content (AvgIpc) is 2.99. The molecule has 0 radical (unpaired) electrons. The molecular weight excluding hydrogens is 264 g/mol. The Morgan fingerprint density at radius 1 is 1.29 bits per heavy atom. The van der Waals surface area contributed by atoms with E-state index < -0.39 is 5.60 Å². The number of para-hydroxylation sites is 1. The molecule has 0 fully saturated rings. The zero-order chi connectivity index (χ0) is 14.9. The fourth-order valence-corrected chi connectivity index (χ4v) is 2.80. The Balaban J connectivity index is 2.23. The minimum atomic E-state index is -1.07. The molecule has 4 nitrogen and oxygen atoms in total. The molecule has 1 atom stereocenters. The summed E-state index contributed by atoms with van der Waals surface area (Å²) in [6, 6.07) is 9.55. The van der Waals surface area contributed by atoms with Crippen molar-refractivity contribution in [2.45, 2.75) is 18.9 Å². The van der Waals surface area contributed by atoms with Gasteiger partial charge in [0.1, 0.15) is 11.4 Å². The van der Waals surface area contributed by atoms with Gasteiger partial charge in [-0.1, -0.05) is 25.1 Å². The normalized spacial score (nSPS) is 14.0. The molecule has 2 N–H and O–H groups in total. The average molecular weight is 282 g/mol. The van der Waals surface area contributed by atoms with Crippen molar-refractivity contribution >= 4 is 10.9 Å². The molecule has 0 aliphatic heterocycles. The first-order valence-corrected chi connectivity index (χ1v) is 6.98. The van der Waals surface area contributed by atoms with Crippen molar-refractivity contribution in [3.8, 4) is 5.75 Å². The summed E-state index contributed by atoms with van der Waals surface area (Å²) in [7, 11) is 1.64. The topological polar surface area (TPSA) is 58.1 Å². The predicted octanol–water partition coefficient (Wildman–Crippen LogP) is 3.22. The lowest BCUT2D eigenvalue weighted by Crippen LogP contribution is -2.26. The second-order valence-corrected chi connectivity index (χ2v) is 5.04. The third-order valence-electron chi connectivity index (χ3n) is 3.99. The number of nitrogens with zero attached hydrogens (tertiary/aromatic N) is 1. The van der Waals surface area contributed by atoms with Crippen LogP contribution in [0.3, 0.4) is 0 Å². The number of benzene rings is 1. The van der Waals surface area contributed by atoms with Gasteiger partial charge in [0.15, 0.2) is 0 Å². The van der Waals surface area contributed by atoms with E-state index in [1.54, 1.807) is 19.5 Å².